The molecule has 0 aliphatic heterocycles. The number of rotatable bonds is 1. The van der Waals surface area contributed by atoms with E-state index in [-0.39, 0.29) is 0 Å². The van der Waals surface area contributed by atoms with E-state index >= 15 is 0 Å². The monoisotopic (exact) mass is 136 g/mol. The number of aryl methyl sites for hydroxylation is 1. The first-order chi connectivity index (χ1) is 4.33. The van der Waals surface area contributed by atoms with Gasteiger partial charge in [-0.1, -0.05) is 18.3 Å². The van der Waals surface area contributed by atoms with Crippen LogP contribution in [-0.4, -0.2) is 10.4 Å². The van der Waals surface area contributed by atoms with Crippen LogP contribution in [0.3, 0.4) is 0 Å². The maximum absolute atomic E-state index is 4.57. The summed E-state index contributed by atoms with van der Waals surface area (Å²) in [7, 11) is 0. The van der Waals surface area contributed by atoms with Gasteiger partial charge < -0.3 is 0 Å². The molecule has 0 aromatic carbocycles. The summed E-state index contributed by atoms with van der Waals surface area (Å²) in [5.41, 5.74) is 1.72. The predicted molar refractivity (Wildman–Crippen MR) is 40.7 cm³/mol. The van der Waals surface area contributed by atoms with E-state index in [2.05, 4.69) is 22.6 Å². The standard InChI is InChI=1S/C7H6NS/c1-6-3-2-4-7(5-9)8-6/h2-4H,1H3. The van der Waals surface area contributed by atoms with Crippen LogP contribution in [0.15, 0.2) is 18.2 Å². The first-order valence-electron chi connectivity index (χ1n) is 2.65. The molecular weight excluding hydrogens is 130 g/mol. The van der Waals surface area contributed by atoms with Gasteiger partial charge in [0.1, 0.15) is 0 Å². The lowest BCUT2D eigenvalue weighted by Crippen LogP contribution is -1.86. The molecule has 0 spiro atoms. The number of hydrogen-bond acceptors (Lipinski definition) is 2. The fourth-order valence-corrected chi connectivity index (χ4v) is 0.714. The van der Waals surface area contributed by atoms with E-state index in [4.69, 9.17) is 0 Å². The zero-order chi connectivity index (χ0) is 6.69. The number of thiocarbonyl (C=S) groups is 1. The first kappa shape index (κ1) is 6.36. The van der Waals surface area contributed by atoms with Crippen molar-refractivity contribution < 1.29 is 0 Å². The van der Waals surface area contributed by atoms with E-state index in [1.54, 1.807) is 0 Å². The van der Waals surface area contributed by atoms with Crippen LogP contribution in [0.2, 0.25) is 0 Å². The smallest absolute Gasteiger partial charge is 0.0836 e. The summed E-state index contributed by atoms with van der Waals surface area (Å²) < 4.78 is 0. The fraction of sp³-hybridized carbons (Fsp3) is 0.143. The van der Waals surface area contributed by atoms with E-state index in [9.17, 15) is 0 Å². The van der Waals surface area contributed by atoms with Crippen molar-refractivity contribution in [3.8, 4) is 0 Å². The van der Waals surface area contributed by atoms with Crippen molar-refractivity contribution in [1.29, 1.82) is 0 Å². The molecule has 1 aromatic heterocycles. The molecule has 0 unspecified atom stereocenters. The normalized spacial score (nSPS) is 9.00. The third-order valence-corrected chi connectivity index (χ3v) is 1.20. The molecule has 0 atom stereocenters. The Labute approximate surface area is 59.7 Å². The van der Waals surface area contributed by atoms with E-state index in [1.165, 1.54) is 0 Å². The minimum atomic E-state index is 0.741. The quantitative estimate of drug-likeness (QED) is 0.544. The Bertz CT molecular complexity index is 220. The van der Waals surface area contributed by atoms with E-state index in [1.807, 2.05) is 25.1 Å². The summed E-state index contributed by atoms with van der Waals surface area (Å²) in [6, 6.07) is 5.67. The van der Waals surface area contributed by atoms with Crippen molar-refractivity contribution in [2.75, 3.05) is 0 Å². The van der Waals surface area contributed by atoms with Gasteiger partial charge in [-0.2, -0.15) is 0 Å². The third kappa shape index (κ3) is 1.57. The molecule has 0 aliphatic carbocycles. The lowest BCUT2D eigenvalue weighted by atomic mass is 10.3. The van der Waals surface area contributed by atoms with Crippen LogP contribution < -0.4 is 0 Å². The predicted octanol–water partition coefficient (Wildman–Crippen LogP) is 1.61. The summed E-state index contributed by atoms with van der Waals surface area (Å²) in [5.74, 6) is 0. The summed E-state index contributed by atoms with van der Waals surface area (Å²) in [6.45, 7) is 1.93. The molecule has 0 amide bonds. The topological polar surface area (TPSA) is 12.9 Å². The van der Waals surface area contributed by atoms with Gasteiger partial charge in [-0.05, 0) is 19.1 Å². The average molecular weight is 136 g/mol. The van der Waals surface area contributed by atoms with Crippen LogP contribution in [0.25, 0.3) is 0 Å². The molecule has 1 radical (unpaired) electrons. The highest BCUT2D eigenvalue weighted by Gasteiger charge is 1.86. The van der Waals surface area contributed by atoms with Crippen LogP contribution in [0.1, 0.15) is 11.4 Å². The van der Waals surface area contributed by atoms with Gasteiger partial charge in [0.05, 0.1) is 11.1 Å². The van der Waals surface area contributed by atoms with E-state index < -0.39 is 0 Å². The summed E-state index contributed by atoms with van der Waals surface area (Å²) in [4.78, 5) is 4.08. The zero-order valence-corrected chi connectivity index (χ0v) is 5.90. The van der Waals surface area contributed by atoms with Crippen molar-refractivity contribution in [3.63, 3.8) is 0 Å². The number of hydrogen-bond donors (Lipinski definition) is 0. The van der Waals surface area contributed by atoms with Crippen LogP contribution in [0.5, 0.6) is 0 Å². The molecule has 2 heteroatoms. The van der Waals surface area contributed by atoms with Crippen molar-refractivity contribution in [2.45, 2.75) is 6.92 Å². The summed E-state index contributed by atoms with van der Waals surface area (Å²) in [6.07, 6.45) is 0. The minimum Gasteiger partial charge on any atom is -0.252 e. The molecule has 0 N–H and O–H groups in total. The zero-order valence-electron chi connectivity index (χ0n) is 5.09. The molecule has 1 rings (SSSR count). The first-order valence-corrected chi connectivity index (χ1v) is 3.05. The van der Waals surface area contributed by atoms with Crippen LogP contribution >= 0.6 is 12.2 Å². The van der Waals surface area contributed by atoms with Gasteiger partial charge in [0.25, 0.3) is 0 Å². The second kappa shape index (κ2) is 2.69. The minimum absolute atomic E-state index is 0.741. The highest BCUT2D eigenvalue weighted by Crippen LogP contribution is 1.93. The van der Waals surface area contributed by atoms with Crippen LogP contribution in [0, 0.1) is 6.92 Å². The molecular formula is C7H6NS. The van der Waals surface area contributed by atoms with Crippen LogP contribution in [-0.2, 0) is 0 Å². The van der Waals surface area contributed by atoms with Gasteiger partial charge in [0.2, 0.25) is 0 Å². The van der Waals surface area contributed by atoms with E-state index in [0.29, 0.717) is 0 Å². The van der Waals surface area contributed by atoms with Crippen molar-refractivity contribution in [3.05, 3.63) is 29.6 Å². The Morgan fingerprint density at radius 2 is 2.33 bits per heavy atom. The molecule has 0 aliphatic rings. The highest BCUT2D eigenvalue weighted by atomic mass is 32.1. The molecule has 1 nitrogen and oxygen atoms in total. The molecule has 0 saturated heterocycles. The molecule has 0 saturated carbocycles. The summed E-state index contributed by atoms with van der Waals surface area (Å²) >= 11 is 4.57. The Kier molecular flexibility index (Phi) is 1.90. The number of pyridine rings is 1. The molecule has 1 heterocycles. The maximum atomic E-state index is 4.57. The van der Waals surface area contributed by atoms with Gasteiger partial charge in [-0.3, -0.25) is 4.98 Å². The van der Waals surface area contributed by atoms with E-state index in [0.717, 1.165) is 11.4 Å². The number of nitrogens with zero attached hydrogens (tertiary/aromatic N) is 1. The van der Waals surface area contributed by atoms with Gasteiger partial charge in [-0.15, -0.1) is 0 Å². The van der Waals surface area contributed by atoms with Gasteiger partial charge in [-0.25, -0.2) is 0 Å². The Hall–Kier alpha value is -0.760. The maximum Gasteiger partial charge on any atom is 0.0836 e. The van der Waals surface area contributed by atoms with Crippen molar-refractivity contribution in [1.82, 2.24) is 4.98 Å². The van der Waals surface area contributed by atoms with Crippen molar-refractivity contribution >= 4 is 17.6 Å². The van der Waals surface area contributed by atoms with Gasteiger partial charge >= 0.3 is 0 Å². The summed E-state index contributed by atoms with van der Waals surface area (Å²) in [5, 5.41) is 2.54. The second-order valence-corrected chi connectivity index (χ2v) is 1.97. The van der Waals surface area contributed by atoms with Crippen LogP contribution in [0.4, 0.5) is 0 Å². The molecule has 0 fully saturated rings. The average Bonchev–Trinajstić information content (AvgIpc) is 1.88. The largest absolute Gasteiger partial charge is 0.252 e. The fourth-order valence-electron chi connectivity index (χ4n) is 0.600. The highest BCUT2D eigenvalue weighted by molar-refractivity contribution is 7.79. The Morgan fingerprint density at radius 1 is 1.56 bits per heavy atom. The van der Waals surface area contributed by atoms with Gasteiger partial charge in [0, 0.05) is 5.69 Å². The van der Waals surface area contributed by atoms with Gasteiger partial charge in [0.15, 0.2) is 0 Å². The Balaban J connectivity index is 3.07. The third-order valence-electron chi connectivity index (χ3n) is 0.993. The molecule has 9 heavy (non-hydrogen) atoms. The SMILES string of the molecule is Cc1cccc([C]=S)n1. The van der Waals surface area contributed by atoms with Crippen molar-refractivity contribution in [2.24, 2.45) is 0 Å². The second-order valence-electron chi connectivity index (χ2n) is 1.77. The lowest BCUT2D eigenvalue weighted by Gasteiger charge is -1.90. The molecule has 45 valence electrons. The molecule has 0 bridgehead atoms. The number of aromatic nitrogens is 1. The molecule has 1 aromatic rings. The Morgan fingerprint density at radius 3 is 2.78 bits per heavy atom. The lowest BCUT2D eigenvalue weighted by molar-refractivity contribution is 1.19.